The minimum atomic E-state index is -0.436. The lowest BCUT2D eigenvalue weighted by Gasteiger charge is -2.12. The van der Waals surface area contributed by atoms with Gasteiger partial charge in [0.25, 0.3) is 0 Å². The van der Waals surface area contributed by atoms with Crippen LogP contribution in [0.5, 0.6) is 17.2 Å². The Morgan fingerprint density at radius 2 is 1.72 bits per heavy atom. The number of rotatable bonds is 7. The fourth-order valence-corrected chi connectivity index (χ4v) is 2.64. The van der Waals surface area contributed by atoms with E-state index in [0.717, 1.165) is 15.6 Å². The molecule has 0 amide bonds. The molecule has 2 aromatic carbocycles. The Morgan fingerprint density at radius 1 is 1.04 bits per heavy atom. The van der Waals surface area contributed by atoms with Gasteiger partial charge in [0, 0.05) is 10.5 Å². The molecule has 5 nitrogen and oxygen atoms in total. The van der Waals surface area contributed by atoms with Crippen molar-refractivity contribution in [3.63, 3.8) is 0 Å². The molecule has 0 saturated heterocycles. The van der Waals surface area contributed by atoms with Crippen molar-refractivity contribution in [2.75, 3.05) is 21.3 Å². The first-order chi connectivity index (χ1) is 12.1. The first-order valence-electron chi connectivity index (χ1n) is 7.46. The van der Waals surface area contributed by atoms with Gasteiger partial charge in [-0.15, -0.1) is 0 Å². The number of carbonyl (C=O) groups excluding carboxylic acids is 1. The number of benzene rings is 2. The quantitative estimate of drug-likeness (QED) is 0.508. The molecule has 0 fully saturated rings. The summed E-state index contributed by atoms with van der Waals surface area (Å²) >= 11 is 3.38. The van der Waals surface area contributed by atoms with Crippen LogP contribution in [0.3, 0.4) is 0 Å². The molecular formula is C19H19BrO5. The van der Waals surface area contributed by atoms with Crippen molar-refractivity contribution >= 4 is 28.0 Å². The molecule has 0 N–H and O–H groups in total. The highest BCUT2D eigenvalue weighted by Gasteiger charge is 2.12. The Bertz CT molecular complexity index is 745. The van der Waals surface area contributed by atoms with Crippen molar-refractivity contribution in [3.8, 4) is 17.2 Å². The molecule has 132 valence electrons. The number of esters is 1. The largest absolute Gasteiger partial charge is 0.493 e. The molecule has 0 bridgehead atoms. The zero-order valence-corrected chi connectivity index (χ0v) is 15.8. The van der Waals surface area contributed by atoms with Crippen LogP contribution in [-0.4, -0.2) is 27.3 Å². The van der Waals surface area contributed by atoms with Gasteiger partial charge in [0.05, 0.1) is 21.3 Å². The smallest absolute Gasteiger partial charge is 0.331 e. The first kappa shape index (κ1) is 18.9. The monoisotopic (exact) mass is 406 g/mol. The molecule has 0 unspecified atom stereocenters. The van der Waals surface area contributed by atoms with Gasteiger partial charge in [0.2, 0.25) is 5.75 Å². The van der Waals surface area contributed by atoms with E-state index in [-0.39, 0.29) is 6.61 Å². The van der Waals surface area contributed by atoms with E-state index in [1.807, 2.05) is 24.3 Å². The molecular weight excluding hydrogens is 388 g/mol. The first-order valence-corrected chi connectivity index (χ1v) is 8.26. The maximum absolute atomic E-state index is 11.9. The van der Waals surface area contributed by atoms with Gasteiger partial charge in [0.15, 0.2) is 11.5 Å². The average Bonchev–Trinajstić information content (AvgIpc) is 2.63. The molecule has 0 saturated carbocycles. The minimum Gasteiger partial charge on any atom is -0.493 e. The Balaban J connectivity index is 2.06. The molecule has 0 aliphatic heterocycles. The second-order valence-electron chi connectivity index (χ2n) is 5.03. The molecule has 2 aromatic rings. The third kappa shape index (κ3) is 5.26. The zero-order chi connectivity index (χ0) is 18.2. The van der Waals surface area contributed by atoms with Gasteiger partial charge in [-0.1, -0.05) is 28.1 Å². The van der Waals surface area contributed by atoms with E-state index in [1.54, 1.807) is 18.2 Å². The predicted octanol–water partition coefficient (Wildman–Crippen LogP) is 4.23. The number of hydrogen-bond acceptors (Lipinski definition) is 5. The van der Waals surface area contributed by atoms with Crippen molar-refractivity contribution in [2.24, 2.45) is 0 Å². The molecule has 0 radical (unpaired) electrons. The van der Waals surface area contributed by atoms with Gasteiger partial charge in [0.1, 0.15) is 6.61 Å². The lowest BCUT2D eigenvalue weighted by atomic mass is 10.1. The summed E-state index contributed by atoms with van der Waals surface area (Å²) in [6, 6.07) is 11.1. The summed E-state index contributed by atoms with van der Waals surface area (Å²) < 4.78 is 22.0. The Labute approximate surface area is 155 Å². The molecule has 6 heteroatoms. The standard InChI is InChI=1S/C19H19BrO5/c1-22-16-10-13(11-17(23-2)19(16)24-3)7-8-18(21)25-12-14-5-4-6-15(20)9-14/h4-11H,12H2,1-3H3. The van der Waals surface area contributed by atoms with Crippen LogP contribution in [0.15, 0.2) is 46.9 Å². The fraction of sp³-hybridized carbons (Fsp3) is 0.211. The van der Waals surface area contributed by atoms with E-state index < -0.39 is 5.97 Å². The summed E-state index contributed by atoms with van der Waals surface area (Å²) in [6.45, 7) is 0.206. The van der Waals surface area contributed by atoms with Gasteiger partial charge in [-0.2, -0.15) is 0 Å². The predicted molar refractivity (Wildman–Crippen MR) is 99.1 cm³/mol. The molecule has 25 heavy (non-hydrogen) atoms. The highest BCUT2D eigenvalue weighted by Crippen LogP contribution is 2.38. The van der Waals surface area contributed by atoms with Crippen molar-refractivity contribution in [3.05, 3.63) is 58.1 Å². The van der Waals surface area contributed by atoms with Crippen LogP contribution in [0.4, 0.5) is 0 Å². The summed E-state index contributed by atoms with van der Waals surface area (Å²) in [5, 5.41) is 0. The van der Waals surface area contributed by atoms with Crippen LogP contribution in [-0.2, 0) is 16.1 Å². The van der Waals surface area contributed by atoms with Crippen LogP contribution in [0.25, 0.3) is 6.08 Å². The van der Waals surface area contributed by atoms with Crippen molar-refractivity contribution in [1.82, 2.24) is 0 Å². The average molecular weight is 407 g/mol. The van der Waals surface area contributed by atoms with Crippen molar-refractivity contribution in [2.45, 2.75) is 6.61 Å². The van der Waals surface area contributed by atoms with Crippen molar-refractivity contribution < 1.29 is 23.7 Å². The highest BCUT2D eigenvalue weighted by atomic mass is 79.9. The van der Waals surface area contributed by atoms with E-state index in [9.17, 15) is 4.79 Å². The van der Waals surface area contributed by atoms with Crippen LogP contribution in [0, 0.1) is 0 Å². The second kappa shape index (κ2) is 9.13. The number of ether oxygens (including phenoxy) is 4. The van der Waals surface area contributed by atoms with E-state index in [2.05, 4.69) is 15.9 Å². The SMILES string of the molecule is COc1cc(C=CC(=O)OCc2cccc(Br)c2)cc(OC)c1OC. The maximum atomic E-state index is 11.9. The van der Waals surface area contributed by atoms with Crippen molar-refractivity contribution in [1.29, 1.82) is 0 Å². The summed E-state index contributed by atoms with van der Waals surface area (Å²) in [5.74, 6) is 1.10. The summed E-state index contributed by atoms with van der Waals surface area (Å²) in [7, 11) is 4.61. The topological polar surface area (TPSA) is 54.0 Å². The third-order valence-electron chi connectivity index (χ3n) is 3.37. The van der Waals surface area contributed by atoms with Crippen LogP contribution in [0.1, 0.15) is 11.1 Å². The molecule has 0 heterocycles. The van der Waals surface area contributed by atoms with E-state index in [1.165, 1.54) is 27.4 Å². The third-order valence-corrected chi connectivity index (χ3v) is 3.86. The minimum absolute atomic E-state index is 0.206. The van der Waals surface area contributed by atoms with Crippen LogP contribution < -0.4 is 14.2 Å². The summed E-state index contributed by atoms with van der Waals surface area (Å²) in [4.78, 5) is 11.9. The molecule has 0 spiro atoms. The van der Waals surface area contributed by atoms with Gasteiger partial charge in [-0.05, 0) is 41.5 Å². The molecule has 0 aliphatic rings. The maximum Gasteiger partial charge on any atom is 0.331 e. The normalized spacial score (nSPS) is 10.6. The Hall–Kier alpha value is -2.47. The van der Waals surface area contributed by atoms with E-state index in [0.29, 0.717) is 17.2 Å². The lowest BCUT2D eigenvalue weighted by molar-refractivity contribution is -0.138. The van der Waals surface area contributed by atoms with E-state index in [4.69, 9.17) is 18.9 Å². The molecule has 2 rings (SSSR count). The second-order valence-corrected chi connectivity index (χ2v) is 5.95. The number of hydrogen-bond donors (Lipinski definition) is 0. The van der Waals surface area contributed by atoms with Gasteiger partial charge in [-0.25, -0.2) is 4.79 Å². The fourth-order valence-electron chi connectivity index (χ4n) is 2.19. The van der Waals surface area contributed by atoms with Crippen LogP contribution >= 0.6 is 15.9 Å². The van der Waals surface area contributed by atoms with Gasteiger partial charge in [-0.3, -0.25) is 0 Å². The van der Waals surface area contributed by atoms with Crippen LogP contribution in [0.2, 0.25) is 0 Å². The molecule has 0 aromatic heterocycles. The Morgan fingerprint density at radius 3 is 2.28 bits per heavy atom. The number of carbonyl (C=O) groups is 1. The summed E-state index contributed by atoms with van der Waals surface area (Å²) in [6.07, 6.45) is 2.99. The highest BCUT2D eigenvalue weighted by molar-refractivity contribution is 9.10. The number of methoxy groups -OCH3 is 3. The Kier molecular flexibility index (Phi) is 6.89. The number of halogens is 1. The lowest BCUT2D eigenvalue weighted by Crippen LogP contribution is -2.00. The van der Waals surface area contributed by atoms with Gasteiger partial charge >= 0.3 is 5.97 Å². The van der Waals surface area contributed by atoms with E-state index >= 15 is 0 Å². The summed E-state index contributed by atoms with van der Waals surface area (Å²) in [5.41, 5.74) is 1.64. The van der Waals surface area contributed by atoms with Gasteiger partial charge < -0.3 is 18.9 Å². The zero-order valence-electron chi connectivity index (χ0n) is 14.2. The molecule has 0 aliphatic carbocycles. The molecule has 0 atom stereocenters.